The number of alkyl halides is 3. The van der Waals surface area contributed by atoms with Gasteiger partial charge in [0.2, 0.25) is 5.95 Å². The number of fused-ring (bicyclic) bond motifs is 2. The summed E-state index contributed by atoms with van der Waals surface area (Å²) in [6, 6.07) is 5.79. The van der Waals surface area contributed by atoms with Gasteiger partial charge in [0.15, 0.2) is 0 Å². The number of nitrogens with zero attached hydrogens (tertiary/aromatic N) is 6. The van der Waals surface area contributed by atoms with Crippen LogP contribution in [0.5, 0.6) is 0 Å². The third kappa shape index (κ3) is 3.05. The lowest BCUT2D eigenvalue weighted by Gasteiger charge is -2.33. The van der Waals surface area contributed by atoms with Crippen LogP contribution in [0.2, 0.25) is 0 Å². The van der Waals surface area contributed by atoms with Crippen LogP contribution in [0.15, 0.2) is 43.1 Å². The lowest BCUT2D eigenvalue weighted by molar-refractivity contribution is -0.138. The van der Waals surface area contributed by atoms with Crippen LogP contribution in [0, 0.1) is 0 Å². The van der Waals surface area contributed by atoms with E-state index in [9.17, 15) is 13.2 Å². The standard InChI is InChI=1S/C21H18F3N7/c22-21(23,24)13-9-25-20(26-10-13)30-7-5-15-18(28-11-27-15)19(30)16-8-17-14(12-3-4-12)2-1-6-31(17)29-16/h1-2,6,8-12,19H,3-5,7H2,(H,27,28)/t19-/m1/s1. The molecule has 7 nitrogen and oxygen atoms in total. The van der Waals surface area contributed by atoms with Crippen LogP contribution in [-0.4, -0.2) is 36.1 Å². The van der Waals surface area contributed by atoms with E-state index in [4.69, 9.17) is 5.10 Å². The molecule has 1 atom stereocenters. The number of rotatable bonds is 3. The molecule has 4 aromatic heterocycles. The molecule has 1 saturated carbocycles. The number of anilines is 1. The minimum absolute atomic E-state index is 0.228. The number of imidazole rings is 1. The van der Waals surface area contributed by atoms with E-state index < -0.39 is 17.8 Å². The lowest BCUT2D eigenvalue weighted by atomic mass is 9.99. The highest BCUT2D eigenvalue weighted by Gasteiger charge is 2.36. The minimum Gasteiger partial charge on any atom is -0.348 e. The highest BCUT2D eigenvalue weighted by atomic mass is 19.4. The summed E-state index contributed by atoms with van der Waals surface area (Å²) in [5.41, 5.74) is 4.02. The highest BCUT2D eigenvalue weighted by molar-refractivity contribution is 5.60. The first kappa shape index (κ1) is 18.3. The molecule has 0 amide bonds. The van der Waals surface area contributed by atoms with Crippen LogP contribution >= 0.6 is 0 Å². The Kier molecular flexibility index (Phi) is 3.87. The van der Waals surface area contributed by atoms with E-state index in [0.29, 0.717) is 18.9 Å². The van der Waals surface area contributed by atoms with Gasteiger partial charge in [0.1, 0.15) is 6.04 Å². The fourth-order valence-electron chi connectivity index (χ4n) is 4.34. The number of H-pyrrole nitrogens is 1. The van der Waals surface area contributed by atoms with Gasteiger partial charge >= 0.3 is 6.18 Å². The number of hydrogen-bond acceptors (Lipinski definition) is 5. The van der Waals surface area contributed by atoms with Gasteiger partial charge in [-0.15, -0.1) is 0 Å². The molecule has 1 N–H and O–H groups in total. The molecule has 0 spiro atoms. The molecule has 1 aliphatic carbocycles. The molecule has 6 rings (SSSR count). The van der Waals surface area contributed by atoms with Crippen molar-refractivity contribution in [3.05, 3.63) is 71.3 Å². The smallest absolute Gasteiger partial charge is 0.348 e. The molecule has 2 aliphatic rings. The summed E-state index contributed by atoms with van der Waals surface area (Å²) < 4.78 is 40.8. The van der Waals surface area contributed by atoms with Crippen molar-refractivity contribution in [1.82, 2.24) is 29.5 Å². The Labute approximate surface area is 175 Å². The molecule has 158 valence electrons. The van der Waals surface area contributed by atoms with Gasteiger partial charge in [0.05, 0.1) is 28.8 Å². The highest BCUT2D eigenvalue weighted by Crippen LogP contribution is 2.43. The molecule has 0 radical (unpaired) electrons. The van der Waals surface area contributed by atoms with Gasteiger partial charge in [-0.2, -0.15) is 18.3 Å². The molecule has 10 heteroatoms. The molecule has 4 aromatic rings. The van der Waals surface area contributed by atoms with Crippen molar-refractivity contribution in [1.29, 1.82) is 0 Å². The average Bonchev–Trinajstić information content (AvgIpc) is 3.32. The first-order valence-electron chi connectivity index (χ1n) is 10.2. The minimum atomic E-state index is -4.48. The number of nitrogens with one attached hydrogen (secondary N) is 1. The second-order valence-corrected chi connectivity index (χ2v) is 8.02. The lowest BCUT2D eigenvalue weighted by Crippen LogP contribution is -2.37. The molecular formula is C21H18F3N7. The zero-order chi connectivity index (χ0) is 21.2. The maximum atomic E-state index is 13.0. The second kappa shape index (κ2) is 6.53. The first-order valence-corrected chi connectivity index (χ1v) is 10.2. The van der Waals surface area contributed by atoms with Crippen LogP contribution in [0.1, 0.15) is 53.0 Å². The molecule has 1 fully saturated rings. The van der Waals surface area contributed by atoms with Crippen LogP contribution in [0.25, 0.3) is 5.52 Å². The van der Waals surface area contributed by atoms with E-state index in [1.807, 2.05) is 21.7 Å². The van der Waals surface area contributed by atoms with Crippen LogP contribution in [0.4, 0.5) is 19.1 Å². The zero-order valence-electron chi connectivity index (χ0n) is 16.3. The van der Waals surface area contributed by atoms with Crippen molar-refractivity contribution in [2.24, 2.45) is 0 Å². The van der Waals surface area contributed by atoms with Gasteiger partial charge < -0.3 is 9.88 Å². The summed E-state index contributed by atoms with van der Waals surface area (Å²) in [6.07, 6.45) is 3.75. The summed E-state index contributed by atoms with van der Waals surface area (Å²) in [6.45, 7) is 0.536. The van der Waals surface area contributed by atoms with Crippen LogP contribution in [0.3, 0.4) is 0 Å². The fourth-order valence-corrected chi connectivity index (χ4v) is 4.34. The van der Waals surface area contributed by atoms with Gasteiger partial charge in [-0.25, -0.2) is 19.5 Å². The Morgan fingerprint density at radius 1 is 1.10 bits per heavy atom. The molecule has 1 aliphatic heterocycles. The SMILES string of the molecule is FC(F)(F)c1cnc(N2CCc3[nH]cnc3[C@H]2c2cc3c(C4CC4)cccn3n2)nc1. The van der Waals surface area contributed by atoms with Gasteiger partial charge in [-0.3, -0.25) is 0 Å². The van der Waals surface area contributed by atoms with E-state index in [1.165, 1.54) is 18.4 Å². The van der Waals surface area contributed by atoms with Crippen molar-refractivity contribution in [3.8, 4) is 0 Å². The summed E-state index contributed by atoms with van der Waals surface area (Å²) >= 11 is 0. The second-order valence-electron chi connectivity index (χ2n) is 8.02. The fraction of sp³-hybridized carbons (Fsp3) is 0.333. The molecule has 0 aromatic carbocycles. The van der Waals surface area contributed by atoms with Gasteiger partial charge in [0.25, 0.3) is 0 Å². The van der Waals surface area contributed by atoms with Gasteiger partial charge in [0, 0.05) is 37.3 Å². The summed E-state index contributed by atoms with van der Waals surface area (Å²) in [5, 5.41) is 4.80. The van der Waals surface area contributed by atoms with Crippen molar-refractivity contribution in [3.63, 3.8) is 0 Å². The van der Waals surface area contributed by atoms with E-state index in [2.05, 4.69) is 32.1 Å². The molecular weight excluding hydrogens is 407 g/mol. The first-order chi connectivity index (χ1) is 15.0. The average molecular weight is 425 g/mol. The van der Waals surface area contributed by atoms with Gasteiger partial charge in [-0.05, 0) is 36.5 Å². The summed E-state index contributed by atoms with van der Waals surface area (Å²) in [7, 11) is 0. The predicted molar refractivity (Wildman–Crippen MR) is 106 cm³/mol. The van der Waals surface area contributed by atoms with Crippen LogP contribution in [-0.2, 0) is 12.6 Å². The Morgan fingerprint density at radius 2 is 1.90 bits per heavy atom. The molecule has 0 unspecified atom stereocenters. The third-order valence-electron chi connectivity index (χ3n) is 6.00. The maximum Gasteiger partial charge on any atom is 0.419 e. The Morgan fingerprint density at radius 3 is 2.65 bits per heavy atom. The molecule has 31 heavy (non-hydrogen) atoms. The Balaban J connectivity index is 1.46. The van der Waals surface area contributed by atoms with E-state index in [-0.39, 0.29) is 5.95 Å². The van der Waals surface area contributed by atoms with Crippen LogP contribution < -0.4 is 4.90 Å². The number of hydrogen-bond donors (Lipinski definition) is 1. The number of pyridine rings is 1. The monoisotopic (exact) mass is 425 g/mol. The number of aromatic amines is 1. The number of halogens is 3. The van der Waals surface area contributed by atoms with E-state index in [0.717, 1.165) is 35.0 Å². The topological polar surface area (TPSA) is 75.0 Å². The van der Waals surface area contributed by atoms with Crippen molar-refractivity contribution in [2.75, 3.05) is 11.4 Å². The normalized spacial score (nSPS) is 19.1. The molecule has 5 heterocycles. The maximum absolute atomic E-state index is 13.0. The van der Waals surface area contributed by atoms with Crippen molar-refractivity contribution in [2.45, 2.75) is 37.4 Å². The third-order valence-corrected chi connectivity index (χ3v) is 6.00. The molecule has 0 saturated heterocycles. The van der Waals surface area contributed by atoms with E-state index in [1.54, 1.807) is 6.33 Å². The zero-order valence-corrected chi connectivity index (χ0v) is 16.3. The number of aromatic nitrogens is 6. The Bertz CT molecular complexity index is 1250. The molecule has 0 bridgehead atoms. The predicted octanol–water partition coefficient (Wildman–Crippen LogP) is 3.90. The van der Waals surface area contributed by atoms with E-state index >= 15 is 0 Å². The van der Waals surface area contributed by atoms with Crippen molar-refractivity contribution >= 4 is 11.5 Å². The largest absolute Gasteiger partial charge is 0.419 e. The van der Waals surface area contributed by atoms with Gasteiger partial charge in [-0.1, -0.05) is 6.07 Å². The Hall–Kier alpha value is -3.43. The summed E-state index contributed by atoms with van der Waals surface area (Å²) in [5.74, 6) is 0.793. The quantitative estimate of drug-likeness (QED) is 0.539. The summed E-state index contributed by atoms with van der Waals surface area (Å²) in [4.78, 5) is 17.6. The van der Waals surface area contributed by atoms with Crippen molar-refractivity contribution < 1.29 is 13.2 Å².